The number of nitrogens with one attached hydrogen (secondary N) is 2. The summed E-state index contributed by atoms with van der Waals surface area (Å²) in [6, 6.07) is 8.14. The molecular formula is C19H28IN3O3S. The Hall–Kier alpha value is -1.68. The molecule has 2 aromatic rings. The van der Waals surface area contributed by atoms with E-state index in [1.54, 1.807) is 39.7 Å². The normalized spacial score (nSPS) is 10.8. The monoisotopic (exact) mass is 505 g/mol. The highest BCUT2D eigenvalue weighted by Gasteiger charge is 2.15. The molecule has 0 atom stereocenters. The summed E-state index contributed by atoms with van der Waals surface area (Å²) in [5, 5.41) is 6.66. The fourth-order valence-electron chi connectivity index (χ4n) is 2.65. The summed E-state index contributed by atoms with van der Waals surface area (Å²) in [5.41, 5.74) is 1.04. The van der Waals surface area contributed by atoms with Crippen LogP contribution in [-0.4, -0.2) is 40.9 Å². The third-order valence-corrected chi connectivity index (χ3v) is 4.92. The van der Waals surface area contributed by atoms with Crippen molar-refractivity contribution in [2.75, 3.05) is 34.9 Å². The lowest BCUT2D eigenvalue weighted by molar-refractivity contribution is 0.322. The van der Waals surface area contributed by atoms with Gasteiger partial charge in [-0.1, -0.05) is 6.07 Å². The van der Waals surface area contributed by atoms with Crippen molar-refractivity contribution in [1.29, 1.82) is 0 Å². The van der Waals surface area contributed by atoms with Gasteiger partial charge in [-0.05, 0) is 31.5 Å². The zero-order chi connectivity index (χ0) is 18.9. The minimum Gasteiger partial charge on any atom is -0.493 e. The second-order valence-electron chi connectivity index (χ2n) is 5.61. The van der Waals surface area contributed by atoms with Gasteiger partial charge < -0.3 is 24.8 Å². The summed E-state index contributed by atoms with van der Waals surface area (Å²) >= 11 is 1.79. The number of ether oxygens (including phenoxy) is 3. The third kappa shape index (κ3) is 6.46. The Bertz CT molecular complexity index is 750. The number of guanidine groups is 1. The Morgan fingerprint density at radius 2 is 1.74 bits per heavy atom. The lowest BCUT2D eigenvalue weighted by Crippen LogP contribution is -2.37. The van der Waals surface area contributed by atoms with Crippen LogP contribution in [0, 0.1) is 6.92 Å². The molecule has 2 rings (SSSR count). The second-order valence-corrected chi connectivity index (χ2v) is 6.98. The van der Waals surface area contributed by atoms with E-state index in [0.717, 1.165) is 31.0 Å². The van der Waals surface area contributed by atoms with E-state index < -0.39 is 0 Å². The Morgan fingerprint density at radius 1 is 1.00 bits per heavy atom. The minimum absolute atomic E-state index is 0. The smallest absolute Gasteiger partial charge is 0.203 e. The minimum atomic E-state index is 0. The molecule has 150 valence electrons. The fourth-order valence-corrected chi connectivity index (χ4v) is 3.48. The molecule has 8 heteroatoms. The van der Waals surface area contributed by atoms with Gasteiger partial charge in [0.15, 0.2) is 17.5 Å². The van der Waals surface area contributed by atoms with E-state index in [0.29, 0.717) is 17.2 Å². The molecule has 0 fully saturated rings. The van der Waals surface area contributed by atoms with E-state index in [4.69, 9.17) is 14.2 Å². The third-order valence-electron chi connectivity index (χ3n) is 3.92. The SMILES string of the molecule is CN=C(NCCc1ccc(OC)c(OC)c1OC)NCc1ccc(C)s1.I. The lowest BCUT2D eigenvalue weighted by atomic mass is 10.1. The quantitative estimate of drug-likeness (QED) is 0.326. The van der Waals surface area contributed by atoms with Crippen molar-refractivity contribution in [3.63, 3.8) is 0 Å². The Labute approximate surface area is 182 Å². The average molecular weight is 505 g/mol. The molecular weight excluding hydrogens is 477 g/mol. The summed E-state index contributed by atoms with van der Waals surface area (Å²) in [4.78, 5) is 6.86. The number of aliphatic imine (C=N–C) groups is 1. The van der Waals surface area contributed by atoms with Crippen LogP contribution in [0.25, 0.3) is 0 Å². The largest absolute Gasteiger partial charge is 0.493 e. The molecule has 0 bridgehead atoms. The van der Waals surface area contributed by atoms with E-state index in [1.165, 1.54) is 9.75 Å². The first kappa shape index (κ1) is 23.4. The van der Waals surface area contributed by atoms with E-state index >= 15 is 0 Å². The first-order chi connectivity index (χ1) is 12.6. The zero-order valence-corrected chi connectivity index (χ0v) is 19.6. The van der Waals surface area contributed by atoms with Gasteiger partial charge in [0.25, 0.3) is 0 Å². The zero-order valence-electron chi connectivity index (χ0n) is 16.4. The Morgan fingerprint density at radius 3 is 2.30 bits per heavy atom. The highest BCUT2D eigenvalue weighted by atomic mass is 127. The summed E-state index contributed by atoms with van der Waals surface area (Å²) in [7, 11) is 6.63. The fraction of sp³-hybridized carbons (Fsp3) is 0.421. The van der Waals surface area contributed by atoms with Gasteiger partial charge in [-0.15, -0.1) is 35.3 Å². The number of hydrogen-bond donors (Lipinski definition) is 2. The van der Waals surface area contributed by atoms with E-state index in [-0.39, 0.29) is 24.0 Å². The Kier molecular flexibility index (Phi) is 10.3. The standard InChI is InChI=1S/C19H27N3O3S.HI/c1-13-6-8-15(26-13)12-22-19(20-2)21-11-10-14-7-9-16(23-3)18(25-5)17(14)24-4;/h6-9H,10-12H2,1-5H3,(H2,20,21,22);1H. The first-order valence-electron chi connectivity index (χ1n) is 8.40. The molecule has 0 aliphatic rings. The molecule has 1 aromatic carbocycles. The summed E-state index contributed by atoms with van der Waals surface area (Å²) in [6.45, 7) is 3.59. The number of benzene rings is 1. The number of hydrogen-bond acceptors (Lipinski definition) is 5. The molecule has 2 N–H and O–H groups in total. The van der Waals surface area contributed by atoms with Crippen molar-refractivity contribution in [3.05, 3.63) is 39.6 Å². The van der Waals surface area contributed by atoms with Crippen molar-refractivity contribution < 1.29 is 14.2 Å². The molecule has 0 aliphatic carbocycles. The molecule has 0 amide bonds. The van der Waals surface area contributed by atoms with Gasteiger partial charge in [0.2, 0.25) is 5.75 Å². The van der Waals surface area contributed by atoms with Crippen molar-refractivity contribution >= 4 is 41.3 Å². The molecule has 0 radical (unpaired) electrons. The predicted molar refractivity (Wildman–Crippen MR) is 122 cm³/mol. The molecule has 0 aliphatic heterocycles. The van der Waals surface area contributed by atoms with Gasteiger partial charge in [-0.3, -0.25) is 4.99 Å². The van der Waals surface area contributed by atoms with Crippen LogP contribution in [0.5, 0.6) is 17.2 Å². The maximum Gasteiger partial charge on any atom is 0.203 e. The Balaban J connectivity index is 0.00000364. The van der Waals surface area contributed by atoms with Crippen molar-refractivity contribution in [1.82, 2.24) is 10.6 Å². The molecule has 6 nitrogen and oxygen atoms in total. The molecule has 1 heterocycles. The number of nitrogens with zero attached hydrogens (tertiary/aromatic N) is 1. The summed E-state index contributed by atoms with van der Waals surface area (Å²) in [5.74, 6) is 2.74. The second kappa shape index (κ2) is 11.9. The van der Waals surface area contributed by atoms with Crippen LogP contribution in [-0.2, 0) is 13.0 Å². The molecule has 27 heavy (non-hydrogen) atoms. The van der Waals surface area contributed by atoms with Gasteiger partial charge in [-0.2, -0.15) is 0 Å². The van der Waals surface area contributed by atoms with Crippen LogP contribution >= 0.6 is 35.3 Å². The lowest BCUT2D eigenvalue weighted by Gasteiger charge is -2.16. The maximum absolute atomic E-state index is 5.52. The molecule has 0 spiro atoms. The van der Waals surface area contributed by atoms with Gasteiger partial charge in [0.05, 0.1) is 27.9 Å². The maximum atomic E-state index is 5.52. The number of rotatable bonds is 8. The van der Waals surface area contributed by atoms with Crippen molar-refractivity contribution in [3.8, 4) is 17.2 Å². The van der Waals surface area contributed by atoms with Crippen LogP contribution in [0.3, 0.4) is 0 Å². The highest BCUT2D eigenvalue weighted by molar-refractivity contribution is 14.0. The number of halogens is 1. The van der Waals surface area contributed by atoms with Gasteiger partial charge in [-0.25, -0.2) is 0 Å². The van der Waals surface area contributed by atoms with Crippen LogP contribution in [0.4, 0.5) is 0 Å². The van der Waals surface area contributed by atoms with Crippen LogP contribution < -0.4 is 24.8 Å². The van der Waals surface area contributed by atoms with Gasteiger partial charge >= 0.3 is 0 Å². The van der Waals surface area contributed by atoms with Crippen molar-refractivity contribution in [2.24, 2.45) is 4.99 Å². The topological polar surface area (TPSA) is 64.1 Å². The molecule has 0 saturated carbocycles. The van der Waals surface area contributed by atoms with Crippen LogP contribution in [0.1, 0.15) is 15.3 Å². The van der Waals surface area contributed by atoms with Gasteiger partial charge in [0, 0.05) is 28.9 Å². The predicted octanol–water partition coefficient (Wildman–Crippen LogP) is 3.61. The molecule has 0 unspecified atom stereocenters. The summed E-state index contributed by atoms with van der Waals surface area (Å²) < 4.78 is 16.3. The highest BCUT2D eigenvalue weighted by Crippen LogP contribution is 2.39. The molecule has 0 saturated heterocycles. The first-order valence-corrected chi connectivity index (χ1v) is 9.22. The van der Waals surface area contributed by atoms with E-state index in [1.807, 2.05) is 12.1 Å². The van der Waals surface area contributed by atoms with E-state index in [2.05, 4.69) is 34.7 Å². The van der Waals surface area contributed by atoms with Crippen LogP contribution in [0.2, 0.25) is 0 Å². The average Bonchev–Trinajstić information content (AvgIpc) is 3.08. The number of thiophene rings is 1. The van der Waals surface area contributed by atoms with Crippen LogP contribution in [0.15, 0.2) is 29.3 Å². The number of methoxy groups -OCH3 is 3. The van der Waals surface area contributed by atoms with Crippen molar-refractivity contribution in [2.45, 2.75) is 19.9 Å². The molecule has 1 aromatic heterocycles. The summed E-state index contributed by atoms with van der Waals surface area (Å²) in [6.07, 6.45) is 0.766. The van der Waals surface area contributed by atoms with Gasteiger partial charge in [0.1, 0.15) is 0 Å². The number of aryl methyl sites for hydroxylation is 1. The van der Waals surface area contributed by atoms with E-state index in [9.17, 15) is 0 Å².